The molecule has 0 aliphatic rings. The maximum Gasteiger partial charge on any atom is 0.148 e. The second-order valence-electron chi connectivity index (χ2n) is 5.71. The van der Waals surface area contributed by atoms with Crippen LogP contribution in [0.25, 0.3) is 21.1 Å². The van der Waals surface area contributed by atoms with E-state index in [9.17, 15) is 0 Å². The van der Waals surface area contributed by atoms with Crippen molar-refractivity contribution in [3.63, 3.8) is 0 Å². The Hall–Kier alpha value is -2.20. The van der Waals surface area contributed by atoms with E-state index in [1.807, 2.05) is 30.3 Å². The van der Waals surface area contributed by atoms with Crippen LogP contribution >= 0.6 is 11.3 Å². The summed E-state index contributed by atoms with van der Waals surface area (Å²) in [5, 5.41) is 10.5. The van der Waals surface area contributed by atoms with Crippen LogP contribution < -0.4 is 4.74 Å². The van der Waals surface area contributed by atoms with E-state index in [1.165, 1.54) is 19.3 Å². The molecule has 0 amide bonds. The highest BCUT2D eigenvalue weighted by Crippen LogP contribution is 2.30. The molecule has 0 saturated heterocycles. The minimum absolute atomic E-state index is 0.788. The zero-order valence-corrected chi connectivity index (χ0v) is 14.8. The second-order valence-corrected chi connectivity index (χ2v) is 6.69. The smallest absolute Gasteiger partial charge is 0.148 e. The van der Waals surface area contributed by atoms with Crippen molar-refractivity contribution in [1.29, 1.82) is 0 Å². The molecule has 1 aromatic heterocycles. The lowest BCUT2D eigenvalue weighted by atomic mass is 10.2. The fourth-order valence-corrected chi connectivity index (χ4v) is 3.30. The topological polar surface area (TPSA) is 35.0 Å². The van der Waals surface area contributed by atoms with Gasteiger partial charge in [-0.25, -0.2) is 0 Å². The molecular weight excluding hydrogens is 316 g/mol. The van der Waals surface area contributed by atoms with Crippen molar-refractivity contribution < 1.29 is 4.74 Å². The van der Waals surface area contributed by atoms with Gasteiger partial charge in [-0.05, 0) is 30.7 Å². The van der Waals surface area contributed by atoms with Crippen molar-refractivity contribution in [3.8, 4) is 26.9 Å². The number of ether oxygens (including phenoxy) is 1. The van der Waals surface area contributed by atoms with Gasteiger partial charge in [-0.2, -0.15) is 0 Å². The molecule has 0 bridgehead atoms. The van der Waals surface area contributed by atoms with Gasteiger partial charge in [0.05, 0.1) is 6.61 Å². The van der Waals surface area contributed by atoms with Gasteiger partial charge in [-0.3, -0.25) is 0 Å². The summed E-state index contributed by atoms with van der Waals surface area (Å²) in [5.74, 6) is 0.919. The molecule has 4 heteroatoms. The van der Waals surface area contributed by atoms with Gasteiger partial charge in [-0.15, -0.1) is 10.2 Å². The van der Waals surface area contributed by atoms with E-state index in [0.717, 1.165) is 39.9 Å². The van der Waals surface area contributed by atoms with Crippen molar-refractivity contribution >= 4 is 11.3 Å². The fraction of sp³-hybridized carbons (Fsp3) is 0.300. The highest BCUT2D eigenvalue weighted by atomic mass is 32.1. The Balaban J connectivity index is 1.61. The minimum atomic E-state index is 0.788. The van der Waals surface area contributed by atoms with Crippen LogP contribution in [0.1, 0.15) is 32.6 Å². The largest absolute Gasteiger partial charge is 0.494 e. The third-order valence-electron chi connectivity index (χ3n) is 3.81. The van der Waals surface area contributed by atoms with Crippen LogP contribution in [-0.2, 0) is 0 Å². The molecule has 0 radical (unpaired) electrons. The predicted octanol–water partition coefficient (Wildman–Crippen LogP) is 5.83. The second kappa shape index (κ2) is 8.60. The number of hydrogen-bond donors (Lipinski definition) is 0. The Kier molecular flexibility index (Phi) is 5.96. The van der Waals surface area contributed by atoms with Crippen LogP contribution in [0.3, 0.4) is 0 Å². The zero-order valence-electron chi connectivity index (χ0n) is 13.9. The van der Waals surface area contributed by atoms with Crippen molar-refractivity contribution in [3.05, 3.63) is 54.6 Å². The quantitative estimate of drug-likeness (QED) is 0.485. The highest BCUT2D eigenvalue weighted by molar-refractivity contribution is 7.17. The maximum absolute atomic E-state index is 5.79. The number of rotatable bonds is 8. The van der Waals surface area contributed by atoms with Crippen molar-refractivity contribution in [2.75, 3.05) is 6.61 Å². The molecule has 0 N–H and O–H groups in total. The van der Waals surface area contributed by atoms with Gasteiger partial charge < -0.3 is 4.74 Å². The lowest BCUT2D eigenvalue weighted by Crippen LogP contribution is -1.96. The van der Waals surface area contributed by atoms with Crippen LogP contribution in [0.2, 0.25) is 0 Å². The summed E-state index contributed by atoms with van der Waals surface area (Å²) in [5.41, 5.74) is 2.18. The molecule has 3 rings (SSSR count). The minimum Gasteiger partial charge on any atom is -0.494 e. The molecule has 1 heterocycles. The number of unbranched alkanes of at least 4 members (excludes halogenated alkanes) is 3. The summed E-state index contributed by atoms with van der Waals surface area (Å²) in [7, 11) is 0. The number of nitrogens with zero attached hydrogens (tertiary/aromatic N) is 2. The average molecular weight is 338 g/mol. The monoisotopic (exact) mass is 338 g/mol. The summed E-state index contributed by atoms with van der Waals surface area (Å²) >= 11 is 1.61. The molecule has 24 heavy (non-hydrogen) atoms. The molecule has 2 aromatic carbocycles. The van der Waals surface area contributed by atoms with Gasteiger partial charge >= 0.3 is 0 Å². The molecule has 0 spiro atoms. The molecule has 3 nitrogen and oxygen atoms in total. The first-order chi connectivity index (χ1) is 11.9. The fourth-order valence-electron chi connectivity index (χ4n) is 2.45. The third kappa shape index (κ3) is 4.42. The van der Waals surface area contributed by atoms with Crippen LogP contribution in [-0.4, -0.2) is 16.8 Å². The SMILES string of the molecule is CCCCCCOc1ccc(-c2nnc(-c3ccccc3)s2)cc1. The lowest BCUT2D eigenvalue weighted by molar-refractivity contribution is 0.305. The Morgan fingerprint density at radius 2 is 1.46 bits per heavy atom. The van der Waals surface area contributed by atoms with Crippen molar-refractivity contribution in [2.45, 2.75) is 32.6 Å². The van der Waals surface area contributed by atoms with Gasteiger partial charge in [0.15, 0.2) is 0 Å². The first-order valence-corrected chi connectivity index (χ1v) is 9.30. The summed E-state index contributed by atoms with van der Waals surface area (Å²) in [6, 6.07) is 18.3. The molecular formula is C20H22N2OS. The molecule has 0 atom stereocenters. The third-order valence-corrected chi connectivity index (χ3v) is 4.84. The van der Waals surface area contributed by atoms with Crippen LogP contribution in [0.15, 0.2) is 54.6 Å². The van der Waals surface area contributed by atoms with Gasteiger partial charge in [0.1, 0.15) is 15.8 Å². The summed E-state index contributed by atoms with van der Waals surface area (Å²) < 4.78 is 5.79. The standard InChI is InChI=1S/C20H22N2OS/c1-2-3-4-8-15-23-18-13-11-17(12-14-18)20-22-21-19(24-20)16-9-6-5-7-10-16/h5-7,9-14H,2-4,8,15H2,1H3. The predicted molar refractivity (Wildman–Crippen MR) is 100 cm³/mol. The van der Waals surface area contributed by atoms with E-state index < -0.39 is 0 Å². The maximum atomic E-state index is 5.79. The summed E-state index contributed by atoms with van der Waals surface area (Å²) in [6.07, 6.45) is 4.89. The van der Waals surface area contributed by atoms with Crippen LogP contribution in [0, 0.1) is 0 Å². The molecule has 0 aliphatic carbocycles. The Morgan fingerprint density at radius 3 is 2.12 bits per heavy atom. The average Bonchev–Trinajstić information content (AvgIpc) is 3.13. The number of benzene rings is 2. The van der Waals surface area contributed by atoms with E-state index in [2.05, 4.69) is 41.4 Å². The van der Waals surface area contributed by atoms with Crippen LogP contribution in [0.4, 0.5) is 0 Å². The summed E-state index contributed by atoms with van der Waals surface area (Å²) in [4.78, 5) is 0. The molecule has 3 aromatic rings. The van der Waals surface area contributed by atoms with E-state index in [4.69, 9.17) is 4.74 Å². The van der Waals surface area contributed by atoms with Crippen molar-refractivity contribution in [1.82, 2.24) is 10.2 Å². The van der Waals surface area contributed by atoms with Crippen molar-refractivity contribution in [2.24, 2.45) is 0 Å². The molecule has 0 saturated carbocycles. The Morgan fingerprint density at radius 1 is 0.792 bits per heavy atom. The van der Waals surface area contributed by atoms with E-state index >= 15 is 0 Å². The van der Waals surface area contributed by atoms with E-state index in [-0.39, 0.29) is 0 Å². The first kappa shape index (κ1) is 16.7. The molecule has 0 fully saturated rings. The lowest BCUT2D eigenvalue weighted by Gasteiger charge is -2.06. The number of aromatic nitrogens is 2. The van der Waals surface area contributed by atoms with E-state index in [1.54, 1.807) is 11.3 Å². The van der Waals surface area contributed by atoms with Gasteiger partial charge in [0.25, 0.3) is 0 Å². The highest BCUT2D eigenvalue weighted by Gasteiger charge is 2.08. The summed E-state index contributed by atoms with van der Waals surface area (Å²) in [6.45, 7) is 3.01. The van der Waals surface area contributed by atoms with E-state index in [0.29, 0.717) is 0 Å². The normalized spacial score (nSPS) is 10.7. The molecule has 124 valence electrons. The first-order valence-electron chi connectivity index (χ1n) is 8.49. The zero-order chi connectivity index (χ0) is 16.6. The van der Waals surface area contributed by atoms with Gasteiger partial charge in [-0.1, -0.05) is 67.9 Å². The Bertz CT molecular complexity index is 738. The molecule has 0 aliphatic heterocycles. The molecule has 0 unspecified atom stereocenters. The van der Waals surface area contributed by atoms with Gasteiger partial charge in [0.2, 0.25) is 0 Å². The van der Waals surface area contributed by atoms with Crippen LogP contribution in [0.5, 0.6) is 5.75 Å². The number of hydrogen-bond acceptors (Lipinski definition) is 4. The van der Waals surface area contributed by atoms with Gasteiger partial charge in [0, 0.05) is 11.1 Å². The Labute approximate surface area is 147 Å².